The molecule has 9 atom stereocenters. The van der Waals surface area contributed by atoms with E-state index >= 15 is 0 Å². The lowest BCUT2D eigenvalue weighted by atomic mass is 9.97. The number of carboxylic acids is 2. The topological polar surface area (TPSA) is 181 Å². The fourth-order valence-corrected chi connectivity index (χ4v) is 2.95. The number of hydrogen-bond donors (Lipinski definition) is 5. The lowest BCUT2D eigenvalue weighted by Gasteiger charge is -2.43. The maximum Gasteiger partial charge on any atom is 0.335 e. The number of aliphatic carboxylic acids is 2. The molecule has 150 valence electrons. The average molecular weight is 382 g/mol. The van der Waals surface area contributed by atoms with Crippen LogP contribution in [-0.4, -0.2) is 107 Å². The highest BCUT2D eigenvalue weighted by molar-refractivity contribution is 5.74. The normalized spacial score (nSPS) is 43.8. The van der Waals surface area contributed by atoms with E-state index in [4.69, 9.17) is 23.7 Å². The minimum atomic E-state index is -1.72. The molecule has 5 N–H and O–H groups in total. The van der Waals surface area contributed by atoms with Gasteiger partial charge in [0.1, 0.15) is 24.4 Å². The Bertz CT molecular complexity index is 512. The molecule has 2 heterocycles. The van der Waals surface area contributed by atoms with Gasteiger partial charge in [0.25, 0.3) is 0 Å². The third-order valence-corrected chi connectivity index (χ3v) is 4.25. The molecule has 2 saturated heterocycles. The summed E-state index contributed by atoms with van der Waals surface area (Å²) in [6, 6.07) is 0. The van der Waals surface area contributed by atoms with Crippen molar-refractivity contribution in [3.63, 3.8) is 0 Å². The lowest BCUT2D eigenvalue weighted by Crippen LogP contribution is -2.63. The first kappa shape index (κ1) is 20.9. The van der Waals surface area contributed by atoms with Gasteiger partial charge in [0.05, 0.1) is 6.10 Å². The van der Waals surface area contributed by atoms with Crippen molar-refractivity contribution in [1.82, 2.24) is 0 Å². The molecule has 0 aliphatic carbocycles. The molecule has 0 aromatic carbocycles. The van der Waals surface area contributed by atoms with Gasteiger partial charge >= 0.3 is 11.9 Å². The summed E-state index contributed by atoms with van der Waals surface area (Å²) in [5.41, 5.74) is 0. The number of ether oxygens (including phenoxy) is 5. The first-order chi connectivity index (χ1) is 12.2. The summed E-state index contributed by atoms with van der Waals surface area (Å²) >= 11 is 0. The van der Waals surface area contributed by atoms with Gasteiger partial charge < -0.3 is 49.2 Å². The Balaban J connectivity index is 2.16. The summed E-state index contributed by atoms with van der Waals surface area (Å²) < 4.78 is 25.3. The van der Waals surface area contributed by atoms with Gasteiger partial charge in [0.2, 0.25) is 0 Å². The fraction of sp³-hybridized carbons (Fsp3) is 0.857. The van der Waals surface area contributed by atoms with Crippen LogP contribution in [0.25, 0.3) is 0 Å². The van der Waals surface area contributed by atoms with Crippen molar-refractivity contribution in [3.8, 4) is 0 Å². The molecular formula is C14H22O12. The Morgan fingerprint density at radius 1 is 0.885 bits per heavy atom. The summed E-state index contributed by atoms with van der Waals surface area (Å²) in [7, 11) is 2.36. The third-order valence-electron chi connectivity index (χ3n) is 4.25. The van der Waals surface area contributed by atoms with E-state index in [1.165, 1.54) is 7.11 Å². The lowest BCUT2D eigenvalue weighted by molar-refractivity contribution is -0.331. The predicted octanol–water partition coefficient (Wildman–Crippen LogP) is -2.88. The highest BCUT2D eigenvalue weighted by Gasteiger charge is 2.51. The molecule has 2 fully saturated rings. The molecule has 2 aliphatic rings. The van der Waals surface area contributed by atoms with E-state index in [-0.39, 0.29) is 6.42 Å². The van der Waals surface area contributed by atoms with Crippen LogP contribution in [0.1, 0.15) is 6.42 Å². The van der Waals surface area contributed by atoms with Crippen molar-refractivity contribution < 1.29 is 58.8 Å². The van der Waals surface area contributed by atoms with E-state index in [1.54, 1.807) is 0 Å². The van der Waals surface area contributed by atoms with Crippen LogP contribution in [0.3, 0.4) is 0 Å². The van der Waals surface area contributed by atoms with Crippen molar-refractivity contribution in [2.75, 3.05) is 14.2 Å². The number of hydrogen-bond acceptors (Lipinski definition) is 10. The molecule has 0 saturated carbocycles. The highest BCUT2D eigenvalue weighted by atomic mass is 16.7. The molecule has 0 amide bonds. The SMILES string of the molecule is COC1OC(C(=O)O)C(OC2CC(O)C(OC)C(C(=O)O)O2)C(O)C1O. The standard InChI is InChI=1S/C14H22O12/c1-22-8-4(15)3-5(25-10(8)12(18)19)24-9-6(16)7(17)14(23-2)26-11(9)13(20)21/h4-11,14-17H,3H2,1-2H3,(H,18,19)(H,20,21). The molecule has 0 bridgehead atoms. The molecule has 26 heavy (non-hydrogen) atoms. The first-order valence-corrected chi connectivity index (χ1v) is 7.73. The zero-order valence-corrected chi connectivity index (χ0v) is 14.0. The zero-order chi connectivity index (χ0) is 19.6. The molecule has 0 aromatic heterocycles. The van der Waals surface area contributed by atoms with E-state index in [9.17, 15) is 35.1 Å². The highest BCUT2D eigenvalue weighted by Crippen LogP contribution is 2.30. The summed E-state index contributed by atoms with van der Waals surface area (Å²) in [5.74, 6) is -2.91. The summed E-state index contributed by atoms with van der Waals surface area (Å²) in [4.78, 5) is 22.7. The van der Waals surface area contributed by atoms with Gasteiger partial charge in [-0.3, -0.25) is 0 Å². The number of methoxy groups -OCH3 is 2. The Labute approximate surface area is 147 Å². The van der Waals surface area contributed by atoms with Gasteiger partial charge in [-0.05, 0) is 0 Å². The van der Waals surface area contributed by atoms with Crippen LogP contribution in [0.2, 0.25) is 0 Å². The Hall–Kier alpha value is -1.38. The minimum absolute atomic E-state index is 0.248. The monoisotopic (exact) mass is 382 g/mol. The number of rotatable bonds is 6. The first-order valence-electron chi connectivity index (χ1n) is 7.73. The Morgan fingerprint density at radius 3 is 1.96 bits per heavy atom. The van der Waals surface area contributed by atoms with Crippen LogP contribution in [0.5, 0.6) is 0 Å². The predicted molar refractivity (Wildman–Crippen MR) is 77.9 cm³/mol. The van der Waals surface area contributed by atoms with Crippen LogP contribution >= 0.6 is 0 Å². The van der Waals surface area contributed by atoms with Gasteiger partial charge in [0, 0.05) is 20.6 Å². The van der Waals surface area contributed by atoms with E-state index in [2.05, 4.69) is 0 Å². The van der Waals surface area contributed by atoms with Gasteiger partial charge in [-0.15, -0.1) is 0 Å². The summed E-state index contributed by atoms with van der Waals surface area (Å²) in [5, 5.41) is 48.6. The Morgan fingerprint density at radius 2 is 1.46 bits per heavy atom. The molecule has 0 radical (unpaired) electrons. The number of aliphatic hydroxyl groups is 3. The van der Waals surface area contributed by atoms with E-state index in [1.807, 2.05) is 0 Å². The minimum Gasteiger partial charge on any atom is -0.479 e. The molecule has 2 aliphatic heterocycles. The number of carbonyl (C=O) groups is 2. The summed E-state index contributed by atoms with van der Waals surface area (Å²) in [6.07, 6.45) is -13.7. The number of aliphatic hydroxyl groups excluding tert-OH is 3. The maximum absolute atomic E-state index is 11.4. The van der Waals surface area contributed by atoms with E-state index < -0.39 is 67.2 Å². The van der Waals surface area contributed by atoms with Crippen molar-refractivity contribution in [2.45, 2.75) is 61.7 Å². The van der Waals surface area contributed by atoms with Crippen molar-refractivity contribution >= 4 is 11.9 Å². The van der Waals surface area contributed by atoms with Crippen LogP contribution in [-0.2, 0) is 33.3 Å². The van der Waals surface area contributed by atoms with Crippen LogP contribution in [0, 0.1) is 0 Å². The zero-order valence-electron chi connectivity index (χ0n) is 14.0. The van der Waals surface area contributed by atoms with Crippen molar-refractivity contribution in [1.29, 1.82) is 0 Å². The Kier molecular flexibility index (Phi) is 6.87. The molecular weight excluding hydrogens is 360 g/mol. The quantitative estimate of drug-likeness (QED) is 0.317. The van der Waals surface area contributed by atoms with Crippen LogP contribution in [0.4, 0.5) is 0 Å². The van der Waals surface area contributed by atoms with Crippen LogP contribution < -0.4 is 0 Å². The van der Waals surface area contributed by atoms with Gasteiger partial charge in [0.15, 0.2) is 24.8 Å². The maximum atomic E-state index is 11.4. The average Bonchev–Trinajstić information content (AvgIpc) is 2.58. The molecule has 0 aromatic rings. The second-order valence-electron chi connectivity index (χ2n) is 5.91. The van der Waals surface area contributed by atoms with Gasteiger partial charge in [-0.2, -0.15) is 0 Å². The molecule has 9 unspecified atom stereocenters. The van der Waals surface area contributed by atoms with E-state index in [0.717, 1.165) is 7.11 Å². The second kappa shape index (κ2) is 8.54. The van der Waals surface area contributed by atoms with E-state index in [0.29, 0.717) is 0 Å². The van der Waals surface area contributed by atoms with Gasteiger partial charge in [-0.1, -0.05) is 0 Å². The molecule has 12 heteroatoms. The molecule has 0 spiro atoms. The van der Waals surface area contributed by atoms with Crippen molar-refractivity contribution in [2.24, 2.45) is 0 Å². The molecule has 2 rings (SSSR count). The largest absolute Gasteiger partial charge is 0.479 e. The summed E-state index contributed by atoms with van der Waals surface area (Å²) in [6.45, 7) is 0. The fourth-order valence-electron chi connectivity index (χ4n) is 2.95. The smallest absolute Gasteiger partial charge is 0.335 e. The third kappa shape index (κ3) is 4.13. The molecule has 12 nitrogen and oxygen atoms in total. The second-order valence-corrected chi connectivity index (χ2v) is 5.91. The van der Waals surface area contributed by atoms with Crippen molar-refractivity contribution in [3.05, 3.63) is 0 Å². The van der Waals surface area contributed by atoms with Gasteiger partial charge in [-0.25, -0.2) is 9.59 Å². The number of carboxylic acid groups (broad SMARTS) is 2. The van der Waals surface area contributed by atoms with Crippen LogP contribution in [0.15, 0.2) is 0 Å².